The van der Waals surface area contributed by atoms with Gasteiger partial charge in [-0.2, -0.15) is 0 Å². The average Bonchev–Trinajstić information content (AvgIpc) is 3.46. The highest BCUT2D eigenvalue weighted by Gasteiger charge is 2.33. The zero-order valence-corrected chi connectivity index (χ0v) is 21.0. The summed E-state index contributed by atoms with van der Waals surface area (Å²) in [6.07, 6.45) is 9.20. The van der Waals surface area contributed by atoms with Gasteiger partial charge in [0.15, 0.2) is 0 Å². The number of rotatable bonds is 10. The normalized spacial score (nSPS) is 16.1. The van der Waals surface area contributed by atoms with E-state index in [1.54, 1.807) is 41.6 Å². The summed E-state index contributed by atoms with van der Waals surface area (Å²) in [6.45, 7) is 5.28. The van der Waals surface area contributed by atoms with Crippen molar-refractivity contribution >= 4 is 51.7 Å². The summed E-state index contributed by atoms with van der Waals surface area (Å²) in [5.41, 5.74) is 0.571. The SMILES string of the molecule is CCCCC(CC)CN1C(=O)/C(=C/c2c(NCc3ccco3)nc3ccccn3c2=O)SC1=S. The lowest BCUT2D eigenvalue weighted by atomic mass is 9.99. The highest BCUT2D eigenvalue weighted by molar-refractivity contribution is 8.26. The van der Waals surface area contributed by atoms with Crippen LogP contribution in [0.15, 0.2) is 56.9 Å². The first-order valence-electron chi connectivity index (χ1n) is 11.5. The van der Waals surface area contributed by atoms with E-state index in [1.807, 2.05) is 12.1 Å². The third-order valence-electron chi connectivity index (χ3n) is 5.91. The summed E-state index contributed by atoms with van der Waals surface area (Å²) < 4.78 is 7.40. The number of thioether (sulfide) groups is 1. The van der Waals surface area contributed by atoms with Gasteiger partial charge in [0.1, 0.15) is 21.5 Å². The molecule has 1 aliphatic rings. The molecule has 178 valence electrons. The van der Waals surface area contributed by atoms with Crippen molar-refractivity contribution in [3.63, 3.8) is 0 Å². The van der Waals surface area contributed by atoms with Crippen LogP contribution in [0.3, 0.4) is 0 Å². The topological polar surface area (TPSA) is 79.8 Å². The molecule has 9 heteroatoms. The molecule has 0 spiro atoms. The molecule has 1 saturated heterocycles. The predicted molar refractivity (Wildman–Crippen MR) is 141 cm³/mol. The lowest BCUT2D eigenvalue weighted by Gasteiger charge is -2.21. The number of unbranched alkanes of at least 4 members (excludes halogenated alkanes) is 1. The maximum atomic E-state index is 13.4. The van der Waals surface area contributed by atoms with Crippen LogP contribution < -0.4 is 10.9 Å². The van der Waals surface area contributed by atoms with Crippen molar-refractivity contribution in [2.24, 2.45) is 5.92 Å². The summed E-state index contributed by atoms with van der Waals surface area (Å²) in [5.74, 6) is 1.36. The van der Waals surface area contributed by atoms with Gasteiger partial charge in [-0.1, -0.05) is 63.2 Å². The Hall–Kier alpha value is -2.91. The fourth-order valence-corrected chi connectivity index (χ4v) is 5.17. The molecule has 3 aromatic heterocycles. The maximum absolute atomic E-state index is 13.4. The Balaban J connectivity index is 1.66. The number of nitrogens with zero attached hydrogens (tertiary/aromatic N) is 3. The fourth-order valence-electron chi connectivity index (χ4n) is 3.92. The van der Waals surface area contributed by atoms with E-state index in [4.69, 9.17) is 16.6 Å². The smallest absolute Gasteiger partial charge is 0.267 e. The molecule has 1 atom stereocenters. The number of hydrogen-bond donors (Lipinski definition) is 1. The van der Waals surface area contributed by atoms with E-state index < -0.39 is 0 Å². The highest BCUT2D eigenvalue weighted by Crippen LogP contribution is 2.34. The van der Waals surface area contributed by atoms with Gasteiger partial charge >= 0.3 is 0 Å². The third-order valence-corrected chi connectivity index (χ3v) is 7.29. The van der Waals surface area contributed by atoms with E-state index in [2.05, 4.69) is 24.1 Å². The number of aromatic nitrogens is 2. The van der Waals surface area contributed by atoms with E-state index >= 15 is 0 Å². The van der Waals surface area contributed by atoms with Crippen LogP contribution in [0, 0.1) is 5.92 Å². The van der Waals surface area contributed by atoms with Gasteiger partial charge in [0.05, 0.1) is 23.3 Å². The molecule has 0 saturated carbocycles. The number of carbonyl (C=O) groups is 1. The van der Waals surface area contributed by atoms with Crippen LogP contribution in [-0.4, -0.2) is 31.1 Å². The fraction of sp³-hybridized carbons (Fsp3) is 0.360. The number of amides is 1. The lowest BCUT2D eigenvalue weighted by Crippen LogP contribution is -2.33. The number of hydrogen-bond acceptors (Lipinski definition) is 7. The first-order valence-corrected chi connectivity index (χ1v) is 12.8. The first-order chi connectivity index (χ1) is 16.5. The van der Waals surface area contributed by atoms with Gasteiger partial charge in [0.2, 0.25) is 0 Å². The van der Waals surface area contributed by atoms with E-state index in [9.17, 15) is 9.59 Å². The summed E-state index contributed by atoms with van der Waals surface area (Å²) in [4.78, 5) is 33.4. The number of thiocarbonyl (C=S) groups is 1. The van der Waals surface area contributed by atoms with Crippen LogP contribution in [0.1, 0.15) is 50.9 Å². The molecule has 1 amide bonds. The van der Waals surface area contributed by atoms with Gasteiger partial charge in [0, 0.05) is 12.7 Å². The summed E-state index contributed by atoms with van der Waals surface area (Å²) >= 11 is 6.78. The quantitative estimate of drug-likeness (QED) is 0.301. The van der Waals surface area contributed by atoms with E-state index in [-0.39, 0.29) is 11.5 Å². The van der Waals surface area contributed by atoms with Gasteiger partial charge in [-0.05, 0) is 42.7 Å². The van der Waals surface area contributed by atoms with E-state index in [0.717, 1.165) is 25.7 Å². The van der Waals surface area contributed by atoms with Crippen LogP contribution in [0.4, 0.5) is 5.82 Å². The molecule has 1 fully saturated rings. The molecule has 1 aliphatic heterocycles. The molecule has 0 radical (unpaired) electrons. The van der Waals surface area contributed by atoms with E-state index in [1.165, 1.54) is 16.2 Å². The van der Waals surface area contributed by atoms with E-state index in [0.29, 0.717) is 51.0 Å². The van der Waals surface area contributed by atoms with Crippen LogP contribution in [0.2, 0.25) is 0 Å². The summed E-state index contributed by atoms with van der Waals surface area (Å²) in [6, 6.07) is 9.01. The van der Waals surface area contributed by atoms with Gasteiger partial charge in [-0.25, -0.2) is 4.98 Å². The lowest BCUT2D eigenvalue weighted by molar-refractivity contribution is -0.122. The van der Waals surface area contributed by atoms with Crippen molar-refractivity contribution in [3.05, 3.63) is 69.4 Å². The minimum Gasteiger partial charge on any atom is -0.467 e. The average molecular weight is 497 g/mol. The molecule has 0 bridgehead atoms. The second-order valence-corrected chi connectivity index (χ2v) is 9.93. The number of nitrogens with one attached hydrogen (secondary N) is 1. The molecule has 0 aromatic carbocycles. The van der Waals surface area contributed by atoms with Crippen LogP contribution >= 0.6 is 24.0 Å². The zero-order valence-electron chi connectivity index (χ0n) is 19.3. The monoisotopic (exact) mass is 496 g/mol. The molecule has 4 heterocycles. The number of fused-ring (bicyclic) bond motifs is 1. The molecular weight excluding hydrogens is 468 g/mol. The molecule has 7 nitrogen and oxygen atoms in total. The Morgan fingerprint density at radius 3 is 2.82 bits per heavy atom. The van der Waals surface area contributed by atoms with Gasteiger partial charge in [-0.15, -0.1) is 0 Å². The largest absolute Gasteiger partial charge is 0.467 e. The van der Waals surface area contributed by atoms with Gasteiger partial charge < -0.3 is 9.73 Å². The zero-order chi connectivity index (χ0) is 24.1. The van der Waals surface area contributed by atoms with Crippen molar-refractivity contribution in [1.82, 2.24) is 14.3 Å². The molecule has 1 unspecified atom stereocenters. The summed E-state index contributed by atoms with van der Waals surface area (Å²) in [7, 11) is 0. The van der Waals surface area contributed by atoms with Crippen LogP contribution in [0.5, 0.6) is 0 Å². The molecule has 0 aliphatic carbocycles. The van der Waals surface area contributed by atoms with Crippen molar-refractivity contribution in [2.75, 3.05) is 11.9 Å². The number of pyridine rings is 1. The standard InChI is InChI=1S/C25H28N4O3S2/c1-3-5-9-17(4-2)16-29-24(31)20(34-25(29)33)14-19-22(26-15-18-10-8-13-32-18)27-21-11-6-7-12-28(21)23(19)30/h6-8,10-14,17,26H,3-5,9,15-16H2,1-2H3/b20-14-. The number of furan rings is 1. The Morgan fingerprint density at radius 1 is 1.24 bits per heavy atom. The molecule has 4 rings (SSSR count). The maximum Gasteiger partial charge on any atom is 0.267 e. The van der Waals surface area contributed by atoms with Gasteiger partial charge in [-0.3, -0.25) is 18.9 Å². The minimum atomic E-state index is -0.257. The predicted octanol–water partition coefficient (Wildman–Crippen LogP) is 5.32. The second kappa shape index (κ2) is 11.0. The van der Waals surface area contributed by atoms with Crippen LogP contribution in [-0.2, 0) is 11.3 Å². The Bertz CT molecular complexity index is 1270. The van der Waals surface area contributed by atoms with Crippen LogP contribution in [0.25, 0.3) is 11.7 Å². The van der Waals surface area contributed by atoms with Crippen molar-refractivity contribution in [1.29, 1.82) is 0 Å². The number of anilines is 1. The Morgan fingerprint density at radius 2 is 2.09 bits per heavy atom. The molecule has 3 aromatic rings. The first kappa shape index (κ1) is 24.2. The molecule has 1 N–H and O–H groups in total. The minimum absolute atomic E-state index is 0.153. The van der Waals surface area contributed by atoms with Crippen molar-refractivity contribution in [3.8, 4) is 0 Å². The van der Waals surface area contributed by atoms with Gasteiger partial charge in [0.25, 0.3) is 11.5 Å². The summed E-state index contributed by atoms with van der Waals surface area (Å²) in [5, 5.41) is 3.19. The third kappa shape index (κ3) is 5.26. The molecular formula is C25H28N4O3S2. The highest BCUT2D eigenvalue weighted by atomic mass is 32.2. The van der Waals surface area contributed by atoms with Crippen molar-refractivity contribution < 1.29 is 9.21 Å². The molecule has 34 heavy (non-hydrogen) atoms. The van der Waals surface area contributed by atoms with Crippen molar-refractivity contribution in [2.45, 2.75) is 46.1 Å². The number of carbonyl (C=O) groups excluding carboxylic acids is 1. The second-order valence-electron chi connectivity index (χ2n) is 8.25. The Kier molecular flexibility index (Phi) is 7.84. The Labute approximate surface area is 208 Å².